The molecule has 1 aliphatic carbocycles. The molecule has 2 aromatic carbocycles. The second-order valence-corrected chi connectivity index (χ2v) is 12.2. The SMILES string of the molecule is CN1CCC[C@H]1COc1cc(-c2ccc3c(c2)ncn3C2CCCCC2)c2nc[nH]c2c1C(N)=O.CS(=O)(=O)O. The molecule has 1 saturated carbocycles. The van der Waals surface area contributed by atoms with Gasteiger partial charge in [-0.2, -0.15) is 8.42 Å². The lowest BCUT2D eigenvalue weighted by molar-refractivity contribution is 0.0996. The zero-order chi connectivity index (χ0) is 28.4. The number of rotatable bonds is 6. The van der Waals surface area contributed by atoms with Gasteiger partial charge in [0.1, 0.15) is 17.9 Å². The van der Waals surface area contributed by atoms with Crippen molar-refractivity contribution in [3.05, 3.63) is 42.5 Å². The van der Waals surface area contributed by atoms with Gasteiger partial charge in [-0.1, -0.05) is 25.3 Å². The molecule has 0 bridgehead atoms. The molecule has 11 nitrogen and oxygen atoms in total. The van der Waals surface area contributed by atoms with Crippen molar-refractivity contribution in [3.63, 3.8) is 0 Å². The van der Waals surface area contributed by atoms with Gasteiger partial charge in [0.15, 0.2) is 0 Å². The summed E-state index contributed by atoms with van der Waals surface area (Å²) in [5.74, 6) is -0.0281. The molecule has 2 aliphatic rings. The Bertz CT molecular complexity index is 1610. The third-order valence-corrected chi connectivity index (χ3v) is 7.87. The van der Waals surface area contributed by atoms with Gasteiger partial charge >= 0.3 is 0 Å². The van der Waals surface area contributed by atoms with Gasteiger partial charge in [-0.3, -0.25) is 9.35 Å². The normalized spacial score (nSPS) is 18.6. The minimum Gasteiger partial charge on any atom is -0.491 e. The fraction of sp³-hybridized carbons (Fsp3) is 0.464. The summed E-state index contributed by atoms with van der Waals surface area (Å²) < 4.78 is 34.5. The van der Waals surface area contributed by atoms with E-state index < -0.39 is 16.0 Å². The van der Waals surface area contributed by atoms with Crippen molar-refractivity contribution in [2.24, 2.45) is 5.73 Å². The Hall–Kier alpha value is -3.48. The number of aromatic amines is 1. The van der Waals surface area contributed by atoms with E-state index in [-0.39, 0.29) is 0 Å². The molecule has 214 valence electrons. The molecular weight excluding hydrogens is 532 g/mol. The highest BCUT2D eigenvalue weighted by Gasteiger charge is 2.25. The van der Waals surface area contributed by atoms with E-state index in [9.17, 15) is 13.2 Å². The Kier molecular flexibility index (Phi) is 8.11. The number of hydrogen-bond donors (Lipinski definition) is 3. The van der Waals surface area contributed by atoms with Crippen LogP contribution in [0, 0.1) is 0 Å². The Morgan fingerprint density at radius 2 is 1.90 bits per heavy atom. The number of primary amides is 1. The first-order valence-corrected chi connectivity index (χ1v) is 15.5. The smallest absolute Gasteiger partial charge is 0.261 e. The molecule has 1 saturated heterocycles. The predicted octanol–water partition coefficient (Wildman–Crippen LogP) is 4.16. The Balaban J connectivity index is 0.000000595. The summed E-state index contributed by atoms with van der Waals surface area (Å²) in [6.45, 7) is 1.58. The topological polar surface area (TPSA) is 156 Å². The molecule has 12 heteroatoms. The van der Waals surface area contributed by atoms with Crippen LogP contribution in [0.4, 0.5) is 0 Å². The largest absolute Gasteiger partial charge is 0.491 e. The number of H-pyrrole nitrogens is 1. The average Bonchev–Trinajstić information content (AvgIpc) is 3.65. The molecule has 2 aromatic heterocycles. The lowest BCUT2D eigenvalue weighted by Gasteiger charge is -2.23. The summed E-state index contributed by atoms with van der Waals surface area (Å²) >= 11 is 0. The number of nitrogens with one attached hydrogen (secondary N) is 1. The van der Waals surface area contributed by atoms with Crippen molar-refractivity contribution in [1.82, 2.24) is 24.4 Å². The zero-order valence-electron chi connectivity index (χ0n) is 22.8. The molecule has 0 unspecified atom stereocenters. The van der Waals surface area contributed by atoms with Crippen molar-refractivity contribution in [2.45, 2.75) is 57.0 Å². The lowest BCUT2D eigenvalue weighted by atomic mass is 9.95. The van der Waals surface area contributed by atoms with Crippen LogP contribution < -0.4 is 10.5 Å². The second kappa shape index (κ2) is 11.6. The van der Waals surface area contributed by atoms with E-state index in [4.69, 9.17) is 20.0 Å². The maximum atomic E-state index is 12.4. The number of carbonyl (C=O) groups is 1. The van der Waals surface area contributed by atoms with Crippen LogP contribution in [0.25, 0.3) is 33.2 Å². The number of benzene rings is 2. The molecule has 3 heterocycles. The fourth-order valence-corrected chi connectivity index (χ4v) is 5.89. The van der Waals surface area contributed by atoms with Gasteiger partial charge in [-0.05, 0) is 63.0 Å². The highest BCUT2D eigenvalue weighted by molar-refractivity contribution is 7.85. The average molecular weight is 569 g/mol. The molecule has 40 heavy (non-hydrogen) atoms. The van der Waals surface area contributed by atoms with Gasteiger partial charge in [0.2, 0.25) is 0 Å². The van der Waals surface area contributed by atoms with Gasteiger partial charge in [-0.25, -0.2) is 9.97 Å². The monoisotopic (exact) mass is 568 g/mol. The van der Waals surface area contributed by atoms with Crippen LogP contribution >= 0.6 is 0 Å². The van der Waals surface area contributed by atoms with Crippen LogP contribution in [0.15, 0.2) is 36.9 Å². The van der Waals surface area contributed by atoms with E-state index in [1.54, 1.807) is 6.33 Å². The summed E-state index contributed by atoms with van der Waals surface area (Å²) in [7, 11) is -1.55. The van der Waals surface area contributed by atoms with Crippen molar-refractivity contribution in [3.8, 4) is 16.9 Å². The number of ether oxygens (including phenoxy) is 1. The van der Waals surface area contributed by atoms with Crippen LogP contribution in [0.5, 0.6) is 5.75 Å². The van der Waals surface area contributed by atoms with Gasteiger partial charge in [0.05, 0.1) is 41.0 Å². The molecule has 6 rings (SSSR count). The minimum atomic E-state index is -3.67. The van der Waals surface area contributed by atoms with E-state index >= 15 is 0 Å². The van der Waals surface area contributed by atoms with E-state index in [0.717, 1.165) is 41.5 Å². The minimum absolute atomic E-state index is 0.330. The van der Waals surface area contributed by atoms with Crippen molar-refractivity contribution in [1.29, 1.82) is 0 Å². The summed E-state index contributed by atoms with van der Waals surface area (Å²) in [5.41, 5.74) is 11.5. The quantitative estimate of drug-likeness (QED) is 0.293. The molecule has 0 spiro atoms. The van der Waals surface area contributed by atoms with E-state index in [2.05, 4.69) is 44.7 Å². The molecular formula is C28H36N6O5S. The molecule has 4 aromatic rings. The number of aromatic nitrogens is 4. The van der Waals surface area contributed by atoms with E-state index in [1.165, 1.54) is 32.1 Å². The van der Waals surface area contributed by atoms with Crippen molar-refractivity contribution in [2.75, 3.05) is 26.5 Å². The van der Waals surface area contributed by atoms with Crippen LogP contribution in [0.2, 0.25) is 0 Å². The zero-order valence-corrected chi connectivity index (χ0v) is 23.7. The highest BCUT2D eigenvalue weighted by atomic mass is 32.2. The Labute approximate surface area is 233 Å². The number of likely N-dealkylation sites (tertiary alicyclic amines) is 1. The summed E-state index contributed by atoms with van der Waals surface area (Å²) in [5, 5.41) is 0. The number of carbonyl (C=O) groups excluding carboxylic acids is 1. The molecule has 2 fully saturated rings. The first-order chi connectivity index (χ1) is 19.1. The number of fused-ring (bicyclic) bond motifs is 2. The van der Waals surface area contributed by atoms with Crippen molar-refractivity contribution >= 4 is 38.1 Å². The summed E-state index contributed by atoms with van der Waals surface area (Å²) in [6, 6.07) is 9.15. The van der Waals surface area contributed by atoms with Crippen LogP contribution in [-0.4, -0.2) is 75.8 Å². The number of hydrogen-bond acceptors (Lipinski definition) is 7. The first kappa shape index (κ1) is 28.1. The van der Waals surface area contributed by atoms with E-state index in [0.29, 0.717) is 47.3 Å². The van der Waals surface area contributed by atoms with Crippen LogP contribution in [0.3, 0.4) is 0 Å². The fourth-order valence-electron chi connectivity index (χ4n) is 5.89. The predicted molar refractivity (Wildman–Crippen MR) is 154 cm³/mol. The molecule has 1 aliphatic heterocycles. The third-order valence-electron chi connectivity index (χ3n) is 7.87. The first-order valence-electron chi connectivity index (χ1n) is 13.6. The number of nitrogens with two attached hydrogens (primary N) is 1. The number of likely N-dealkylation sites (N-methyl/N-ethyl adjacent to an activating group) is 1. The molecule has 4 N–H and O–H groups in total. The van der Waals surface area contributed by atoms with Crippen LogP contribution in [0.1, 0.15) is 61.3 Å². The molecule has 0 radical (unpaired) electrons. The van der Waals surface area contributed by atoms with Gasteiger partial charge in [0.25, 0.3) is 16.0 Å². The van der Waals surface area contributed by atoms with Crippen LogP contribution in [-0.2, 0) is 10.1 Å². The number of nitrogens with zero attached hydrogens (tertiary/aromatic N) is 4. The highest BCUT2D eigenvalue weighted by Crippen LogP contribution is 2.37. The number of amides is 1. The standard InChI is InChI=1S/C27H32N6O2.CH4O3S/c1-32-11-5-8-19(32)14-35-23-13-20(25-26(30-15-29-25)24(23)27(28)34)17-9-10-22-21(12-17)31-16-33(22)18-6-3-2-4-7-18;1-5(2,3)4/h9-10,12-13,15-16,18-19H,2-8,11,14H2,1H3,(H2,28,34)(H,29,30);1H3,(H,2,3,4)/t19-;/m0./s1. The Morgan fingerprint density at radius 3 is 2.58 bits per heavy atom. The summed E-state index contributed by atoms with van der Waals surface area (Å²) in [6.07, 6.45) is 12.9. The van der Waals surface area contributed by atoms with Gasteiger partial charge < -0.3 is 24.9 Å². The van der Waals surface area contributed by atoms with Gasteiger partial charge in [-0.15, -0.1) is 0 Å². The molecule has 1 atom stereocenters. The molecule has 1 amide bonds. The lowest BCUT2D eigenvalue weighted by Crippen LogP contribution is -2.31. The number of imidazole rings is 2. The van der Waals surface area contributed by atoms with Gasteiger partial charge in [0, 0.05) is 17.6 Å². The maximum absolute atomic E-state index is 12.4. The summed E-state index contributed by atoms with van der Waals surface area (Å²) in [4.78, 5) is 27.1. The maximum Gasteiger partial charge on any atom is 0.261 e. The van der Waals surface area contributed by atoms with E-state index in [1.807, 2.05) is 12.4 Å². The third kappa shape index (κ3) is 6.13. The second-order valence-electron chi connectivity index (χ2n) is 10.8. The Morgan fingerprint density at radius 1 is 1.15 bits per heavy atom. The van der Waals surface area contributed by atoms with Crippen molar-refractivity contribution < 1.29 is 22.5 Å².